The van der Waals surface area contributed by atoms with Crippen LogP contribution in [0.3, 0.4) is 0 Å². The maximum Gasteiger partial charge on any atom is 0.341 e. The molecule has 0 atom stereocenters. The largest absolute Gasteiger partial charge is 0.477 e. The van der Waals surface area contributed by atoms with Crippen LogP contribution in [-0.4, -0.2) is 20.9 Å². The van der Waals surface area contributed by atoms with Gasteiger partial charge in [0.2, 0.25) is 0 Å². The van der Waals surface area contributed by atoms with E-state index in [0.29, 0.717) is 5.69 Å². The molecule has 1 aromatic carbocycles. The van der Waals surface area contributed by atoms with Gasteiger partial charge < -0.3 is 10.4 Å². The summed E-state index contributed by atoms with van der Waals surface area (Å²) >= 11 is 0. The first kappa shape index (κ1) is 14.0. The number of benzene rings is 1. The first-order valence-corrected chi connectivity index (χ1v) is 5.85. The van der Waals surface area contributed by atoms with Gasteiger partial charge in [-0.3, -0.25) is 4.68 Å². The number of nitrogens with one attached hydrogen (secondary N) is 1. The summed E-state index contributed by atoms with van der Waals surface area (Å²) in [6.07, 6.45) is 0. The Morgan fingerprint density at radius 2 is 2.15 bits per heavy atom. The number of halogens is 2. The Bertz CT molecular complexity index is 668. The molecule has 106 valence electrons. The lowest BCUT2D eigenvalue weighted by molar-refractivity contribution is 0.0697. The highest BCUT2D eigenvalue weighted by atomic mass is 19.1. The molecule has 0 saturated heterocycles. The van der Waals surface area contributed by atoms with Crippen LogP contribution in [0.5, 0.6) is 0 Å². The van der Waals surface area contributed by atoms with Crippen LogP contribution in [0.2, 0.25) is 0 Å². The van der Waals surface area contributed by atoms with Crippen molar-refractivity contribution >= 4 is 11.8 Å². The molecule has 1 heterocycles. The van der Waals surface area contributed by atoms with E-state index in [1.54, 1.807) is 14.0 Å². The lowest BCUT2D eigenvalue weighted by Gasteiger charge is -2.09. The van der Waals surface area contributed by atoms with E-state index >= 15 is 0 Å². The number of carbonyl (C=O) groups is 1. The third-order valence-electron chi connectivity index (χ3n) is 2.89. The van der Waals surface area contributed by atoms with Crippen molar-refractivity contribution < 1.29 is 18.7 Å². The second-order valence-corrected chi connectivity index (χ2v) is 4.33. The third-order valence-corrected chi connectivity index (χ3v) is 2.89. The van der Waals surface area contributed by atoms with Crippen LogP contribution in [0.15, 0.2) is 18.2 Å². The zero-order valence-corrected chi connectivity index (χ0v) is 10.9. The second kappa shape index (κ2) is 5.28. The van der Waals surface area contributed by atoms with Crippen LogP contribution in [0.1, 0.15) is 21.6 Å². The molecule has 0 radical (unpaired) electrons. The van der Waals surface area contributed by atoms with Crippen molar-refractivity contribution in [2.45, 2.75) is 13.5 Å². The van der Waals surface area contributed by atoms with Gasteiger partial charge in [-0.05, 0) is 25.1 Å². The van der Waals surface area contributed by atoms with Crippen molar-refractivity contribution in [2.75, 3.05) is 5.32 Å². The van der Waals surface area contributed by atoms with Crippen LogP contribution >= 0.6 is 0 Å². The zero-order valence-electron chi connectivity index (χ0n) is 10.9. The lowest BCUT2D eigenvalue weighted by Crippen LogP contribution is -2.10. The first-order valence-electron chi connectivity index (χ1n) is 5.85. The predicted molar refractivity (Wildman–Crippen MR) is 68.6 cm³/mol. The summed E-state index contributed by atoms with van der Waals surface area (Å²) in [5, 5.41) is 15.9. The average molecular weight is 281 g/mol. The number of aryl methyl sites for hydroxylation is 2. The molecule has 2 rings (SSSR count). The number of carboxylic acids is 1. The van der Waals surface area contributed by atoms with Crippen molar-refractivity contribution in [1.82, 2.24) is 9.78 Å². The fourth-order valence-corrected chi connectivity index (χ4v) is 1.97. The van der Waals surface area contributed by atoms with Gasteiger partial charge in [-0.1, -0.05) is 0 Å². The summed E-state index contributed by atoms with van der Waals surface area (Å²) in [5.41, 5.74) is 0.478. The SMILES string of the molecule is Cc1nn(C)c(NCc2cc(F)ccc2F)c1C(=O)O. The lowest BCUT2D eigenvalue weighted by atomic mass is 10.2. The number of nitrogens with zero attached hydrogens (tertiary/aromatic N) is 2. The standard InChI is InChI=1S/C13H13F2N3O2/c1-7-11(13(19)20)12(18(2)17-7)16-6-8-5-9(14)3-4-10(8)15/h3-5,16H,6H2,1-2H3,(H,19,20). The maximum atomic E-state index is 13.5. The van der Waals surface area contributed by atoms with Gasteiger partial charge in [-0.15, -0.1) is 0 Å². The molecule has 0 aliphatic heterocycles. The normalized spacial score (nSPS) is 10.6. The molecule has 7 heteroatoms. The molecule has 0 bridgehead atoms. The average Bonchev–Trinajstić information content (AvgIpc) is 2.65. The minimum absolute atomic E-state index is 0.0179. The number of aromatic nitrogens is 2. The maximum absolute atomic E-state index is 13.5. The molecular formula is C13H13F2N3O2. The summed E-state index contributed by atoms with van der Waals surface area (Å²) in [7, 11) is 1.57. The van der Waals surface area contributed by atoms with Crippen LogP contribution in [0.4, 0.5) is 14.6 Å². The summed E-state index contributed by atoms with van der Waals surface area (Å²) in [6.45, 7) is 1.53. The van der Waals surface area contributed by atoms with Crippen LogP contribution < -0.4 is 5.32 Å². The van der Waals surface area contributed by atoms with E-state index in [1.807, 2.05) is 0 Å². The molecule has 2 N–H and O–H groups in total. The van der Waals surface area contributed by atoms with Crippen molar-refractivity contribution in [2.24, 2.45) is 7.05 Å². The van der Waals surface area contributed by atoms with E-state index in [1.165, 1.54) is 4.68 Å². The predicted octanol–water partition coefficient (Wildman–Crippen LogP) is 2.32. The summed E-state index contributed by atoms with van der Waals surface area (Å²) in [4.78, 5) is 11.2. The van der Waals surface area contributed by atoms with E-state index in [9.17, 15) is 13.6 Å². The Morgan fingerprint density at radius 3 is 2.80 bits per heavy atom. The first-order chi connectivity index (χ1) is 9.40. The third kappa shape index (κ3) is 2.61. The molecule has 0 spiro atoms. The van der Waals surface area contributed by atoms with Gasteiger partial charge in [0, 0.05) is 19.2 Å². The summed E-state index contributed by atoms with van der Waals surface area (Å²) < 4.78 is 27.9. The van der Waals surface area contributed by atoms with Gasteiger partial charge in [-0.2, -0.15) is 5.10 Å². The fraction of sp³-hybridized carbons (Fsp3) is 0.231. The molecule has 0 fully saturated rings. The van der Waals surface area contributed by atoms with Crippen LogP contribution in [-0.2, 0) is 13.6 Å². The number of hydrogen-bond donors (Lipinski definition) is 2. The molecule has 20 heavy (non-hydrogen) atoms. The highest BCUT2D eigenvalue weighted by Gasteiger charge is 2.19. The number of rotatable bonds is 4. The molecule has 1 aromatic heterocycles. The second-order valence-electron chi connectivity index (χ2n) is 4.33. The van der Waals surface area contributed by atoms with Crippen molar-refractivity contribution in [3.05, 3.63) is 46.7 Å². The van der Waals surface area contributed by atoms with E-state index in [2.05, 4.69) is 10.4 Å². The number of hydrogen-bond acceptors (Lipinski definition) is 3. The number of aromatic carboxylic acids is 1. The minimum Gasteiger partial charge on any atom is -0.477 e. The Morgan fingerprint density at radius 1 is 1.45 bits per heavy atom. The van der Waals surface area contributed by atoms with Crippen molar-refractivity contribution in [1.29, 1.82) is 0 Å². The van der Waals surface area contributed by atoms with E-state index in [4.69, 9.17) is 5.11 Å². The van der Waals surface area contributed by atoms with Gasteiger partial charge in [0.05, 0.1) is 5.69 Å². The summed E-state index contributed by atoms with van der Waals surface area (Å²) in [6, 6.07) is 3.11. The van der Waals surface area contributed by atoms with Gasteiger partial charge in [0.1, 0.15) is 23.0 Å². The molecule has 0 unspecified atom stereocenters. The van der Waals surface area contributed by atoms with E-state index < -0.39 is 17.6 Å². The molecule has 5 nitrogen and oxygen atoms in total. The Labute approximate surface area is 113 Å². The Hall–Kier alpha value is -2.44. The quantitative estimate of drug-likeness (QED) is 0.902. The fourth-order valence-electron chi connectivity index (χ4n) is 1.97. The molecule has 2 aromatic rings. The topological polar surface area (TPSA) is 67.2 Å². The summed E-state index contributed by atoms with van der Waals surface area (Å²) in [5.74, 6) is -1.99. The van der Waals surface area contributed by atoms with Gasteiger partial charge in [0.15, 0.2) is 0 Å². The molecule has 0 aliphatic rings. The molecule has 0 amide bonds. The van der Waals surface area contributed by atoms with Gasteiger partial charge >= 0.3 is 5.97 Å². The number of anilines is 1. The van der Waals surface area contributed by atoms with Crippen LogP contribution in [0, 0.1) is 18.6 Å². The highest BCUT2D eigenvalue weighted by molar-refractivity contribution is 5.94. The zero-order chi connectivity index (χ0) is 14.9. The molecular weight excluding hydrogens is 268 g/mol. The van der Waals surface area contributed by atoms with Crippen LogP contribution in [0.25, 0.3) is 0 Å². The van der Waals surface area contributed by atoms with Gasteiger partial charge in [-0.25, -0.2) is 13.6 Å². The number of carboxylic acid groups (broad SMARTS) is 1. The van der Waals surface area contributed by atoms with Crippen molar-refractivity contribution in [3.63, 3.8) is 0 Å². The highest BCUT2D eigenvalue weighted by Crippen LogP contribution is 2.20. The monoisotopic (exact) mass is 281 g/mol. The van der Waals surface area contributed by atoms with E-state index in [-0.39, 0.29) is 23.5 Å². The minimum atomic E-state index is -1.13. The smallest absolute Gasteiger partial charge is 0.341 e. The molecule has 0 saturated carbocycles. The Balaban J connectivity index is 2.27. The Kier molecular flexibility index (Phi) is 3.69. The van der Waals surface area contributed by atoms with Crippen molar-refractivity contribution in [3.8, 4) is 0 Å². The van der Waals surface area contributed by atoms with Gasteiger partial charge in [0.25, 0.3) is 0 Å². The molecule has 0 aliphatic carbocycles. The van der Waals surface area contributed by atoms with E-state index in [0.717, 1.165) is 18.2 Å².